The average molecular weight is 284 g/mol. The minimum atomic E-state index is -0.609. The Kier molecular flexibility index (Phi) is 4.51. The van der Waals surface area contributed by atoms with E-state index in [2.05, 4.69) is 0 Å². The maximum atomic E-state index is 14.0. The average Bonchev–Trinajstić information content (AvgIpc) is 2.38. The Morgan fingerprint density at radius 2 is 2.30 bits per heavy atom. The quantitative estimate of drug-likeness (QED) is 0.625. The number of benzene rings is 1. The summed E-state index contributed by atoms with van der Waals surface area (Å²) in [5, 5.41) is 10.6. The van der Waals surface area contributed by atoms with Gasteiger partial charge in [0.25, 0.3) is 5.69 Å². The molecule has 6 nitrogen and oxygen atoms in total. The molecule has 110 valence electrons. The first-order valence-corrected chi connectivity index (χ1v) is 6.34. The highest BCUT2D eigenvalue weighted by molar-refractivity contribution is 5.52. The van der Waals surface area contributed by atoms with Crippen molar-refractivity contribution < 1.29 is 18.8 Å². The summed E-state index contributed by atoms with van der Waals surface area (Å²) >= 11 is 0. The van der Waals surface area contributed by atoms with Crippen molar-refractivity contribution in [2.45, 2.75) is 19.1 Å². The molecule has 1 aliphatic rings. The minimum Gasteiger partial charge on any atom is -0.382 e. The Morgan fingerprint density at radius 1 is 1.55 bits per heavy atom. The van der Waals surface area contributed by atoms with Gasteiger partial charge in [0.05, 0.1) is 35.5 Å². The summed E-state index contributed by atoms with van der Waals surface area (Å²) in [5.74, 6) is -0.593. The summed E-state index contributed by atoms with van der Waals surface area (Å²) in [4.78, 5) is 11.8. The van der Waals surface area contributed by atoms with Crippen LogP contribution in [0.5, 0.6) is 0 Å². The molecule has 1 saturated heterocycles. The maximum Gasteiger partial charge on any atom is 0.272 e. The number of nitro groups is 1. The molecule has 1 aromatic carbocycles. The second-order valence-corrected chi connectivity index (χ2v) is 4.82. The number of hydrogen-bond acceptors (Lipinski definition) is 5. The van der Waals surface area contributed by atoms with Gasteiger partial charge in [0.15, 0.2) is 5.82 Å². The lowest BCUT2D eigenvalue weighted by Gasteiger charge is -2.38. The molecule has 2 unspecified atom stereocenters. The third-order valence-corrected chi connectivity index (χ3v) is 3.16. The highest BCUT2D eigenvalue weighted by Gasteiger charge is 2.27. The van der Waals surface area contributed by atoms with Crippen molar-refractivity contribution in [1.29, 1.82) is 0 Å². The predicted molar refractivity (Wildman–Crippen MR) is 71.5 cm³/mol. The number of nitrogens with zero attached hydrogens (tertiary/aromatic N) is 2. The zero-order valence-electron chi connectivity index (χ0n) is 11.4. The molecule has 2 atom stereocenters. The Bertz CT molecular complexity index is 497. The van der Waals surface area contributed by atoms with E-state index in [-0.39, 0.29) is 17.9 Å². The highest BCUT2D eigenvalue weighted by atomic mass is 19.1. The predicted octanol–water partition coefficient (Wildman–Crippen LogP) is 1.97. The molecule has 1 aliphatic heterocycles. The van der Waals surface area contributed by atoms with Crippen molar-refractivity contribution in [3.8, 4) is 0 Å². The van der Waals surface area contributed by atoms with Gasteiger partial charge in [-0.2, -0.15) is 0 Å². The number of ether oxygens (including phenoxy) is 2. The van der Waals surface area contributed by atoms with Crippen LogP contribution in [0.2, 0.25) is 0 Å². The van der Waals surface area contributed by atoms with Crippen molar-refractivity contribution in [3.63, 3.8) is 0 Å². The number of morpholine rings is 1. The Labute approximate surface area is 116 Å². The van der Waals surface area contributed by atoms with Gasteiger partial charge in [-0.3, -0.25) is 10.1 Å². The van der Waals surface area contributed by atoms with Gasteiger partial charge in [-0.1, -0.05) is 0 Å². The third-order valence-electron chi connectivity index (χ3n) is 3.16. The molecule has 0 aliphatic carbocycles. The van der Waals surface area contributed by atoms with Crippen LogP contribution in [0.15, 0.2) is 18.2 Å². The molecule has 0 bridgehead atoms. The molecule has 1 heterocycles. The number of methoxy groups -OCH3 is 1. The van der Waals surface area contributed by atoms with Crippen LogP contribution in [0.1, 0.15) is 6.92 Å². The molecular formula is C13H17FN2O4. The fourth-order valence-corrected chi connectivity index (χ4v) is 2.39. The van der Waals surface area contributed by atoms with E-state index >= 15 is 0 Å². The van der Waals surface area contributed by atoms with Crippen LogP contribution in [0.25, 0.3) is 0 Å². The highest BCUT2D eigenvalue weighted by Crippen LogP contribution is 2.26. The second kappa shape index (κ2) is 6.15. The summed E-state index contributed by atoms with van der Waals surface area (Å²) in [6.45, 7) is 3.36. The van der Waals surface area contributed by atoms with Crippen LogP contribution in [-0.2, 0) is 9.47 Å². The number of non-ortho nitro benzene ring substituents is 1. The van der Waals surface area contributed by atoms with Crippen molar-refractivity contribution in [2.75, 3.05) is 31.7 Å². The fraction of sp³-hybridized carbons (Fsp3) is 0.538. The summed E-state index contributed by atoms with van der Waals surface area (Å²) in [7, 11) is 1.58. The van der Waals surface area contributed by atoms with E-state index in [0.29, 0.717) is 25.4 Å². The van der Waals surface area contributed by atoms with Gasteiger partial charge in [0.1, 0.15) is 0 Å². The normalized spacial score (nSPS) is 22.9. The molecule has 2 rings (SSSR count). The van der Waals surface area contributed by atoms with Crippen LogP contribution >= 0.6 is 0 Å². The van der Waals surface area contributed by atoms with Gasteiger partial charge in [-0.25, -0.2) is 4.39 Å². The molecule has 0 N–H and O–H groups in total. The Morgan fingerprint density at radius 3 is 2.90 bits per heavy atom. The first kappa shape index (κ1) is 14.7. The van der Waals surface area contributed by atoms with E-state index in [1.54, 1.807) is 7.11 Å². The van der Waals surface area contributed by atoms with Gasteiger partial charge in [0.2, 0.25) is 0 Å². The van der Waals surface area contributed by atoms with Gasteiger partial charge in [-0.15, -0.1) is 0 Å². The van der Waals surface area contributed by atoms with E-state index < -0.39 is 10.7 Å². The molecule has 0 spiro atoms. The minimum absolute atomic E-state index is 0.0570. The topological polar surface area (TPSA) is 64.8 Å². The number of hydrogen-bond donors (Lipinski definition) is 0. The lowest BCUT2D eigenvalue weighted by molar-refractivity contribution is -0.385. The van der Waals surface area contributed by atoms with E-state index in [1.165, 1.54) is 12.1 Å². The van der Waals surface area contributed by atoms with Crippen molar-refractivity contribution in [2.24, 2.45) is 0 Å². The van der Waals surface area contributed by atoms with Crippen molar-refractivity contribution in [1.82, 2.24) is 0 Å². The second-order valence-electron chi connectivity index (χ2n) is 4.82. The van der Waals surface area contributed by atoms with Gasteiger partial charge >= 0.3 is 0 Å². The SMILES string of the molecule is COCC1CN(c2ccc([N+](=O)[O-])cc2F)CC(C)O1. The molecule has 0 saturated carbocycles. The Hall–Kier alpha value is -1.73. The first-order chi connectivity index (χ1) is 9.51. The first-order valence-electron chi connectivity index (χ1n) is 6.34. The Balaban J connectivity index is 2.19. The van der Waals surface area contributed by atoms with Crippen LogP contribution < -0.4 is 4.90 Å². The van der Waals surface area contributed by atoms with Gasteiger partial charge in [0, 0.05) is 26.3 Å². The number of rotatable bonds is 4. The monoisotopic (exact) mass is 284 g/mol. The molecule has 20 heavy (non-hydrogen) atoms. The van der Waals surface area contributed by atoms with Crippen LogP contribution in [-0.4, -0.2) is 43.9 Å². The van der Waals surface area contributed by atoms with Crippen LogP contribution in [0, 0.1) is 15.9 Å². The van der Waals surface area contributed by atoms with Gasteiger partial charge < -0.3 is 14.4 Å². The van der Waals surface area contributed by atoms with Crippen molar-refractivity contribution in [3.05, 3.63) is 34.1 Å². The number of anilines is 1. The number of nitro benzene ring substituents is 1. The molecule has 0 amide bonds. The summed E-state index contributed by atoms with van der Waals surface area (Å²) in [6.07, 6.45) is -0.197. The molecule has 1 aromatic rings. The lowest BCUT2D eigenvalue weighted by Crippen LogP contribution is -2.48. The maximum absolute atomic E-state index is 14.0. The molecular weight excluding hydrogens is 267 g/mol. The summed E-state index contributed by atoms with van der Waals surface area (Å²) < 4.78 is 24.8. The van der Waals surface area contributed by atoms with E-state index in [9.17, 15) is 14.5 Å². The molecule has 7 heteroatoms. The van der Waals surface area contributed by atoms with Crippen LogP contribution in [0.3, 0.4) is 0 Å². The standard InChI is InChI=1S/C13H17FN2O4/c1-9-6-15(7-11(20-9)8-19-2)13-4-3-10(16(17)18)5-12(13)14/h3-5,9,11H,6-8H2,1-2H3. The largest absolute Gasteiger partial charge is 0.382 e. The molecule has 0 radical (unpaired) electrons. The van der Waals surface area contributed by atoms with E-state index in [0.717, 1.165) is 6.07 Å². The number of halogens is 1. The molecule has 1 fully saturated rings. The zero-order chi connectivity index (χ0) is 14.7. The van der Waals surface area contributed by atoms with E-state index in [4.69, 9.17) is 9.47 Å². The third kappa shape index (κ3) is 3.23. The van der Waals surface area contributed by atoms with Crippen molar-refractivity contribution >= 4 is 11.4 Å². The van der Waals surface area contributed by atoms with E-state index in [1.807, 2.05) is 11.8 Å². The fourth-order valence-electron chi connectivity index (χ4n) is 2.39. The lowest BCUT2D eigenvalue weighted by atomic mass is 10.1. The molecule has 0 aromatic heterocycles. The smallest absolute Gasteiger partial charge is 0.272 e. The van der Waals surface area contributed by atoms with Crippen LogP contribution in [0.4, 0.5) is 15.8 Å². The summed E-state index contributed by atoms with van der Waals surface area (Å²) in [6, 6.07) is 3.69. The van der Waals surface area contributed by atoms with Gasteiger partial charge in [-0.05, 0) is 13.0 Å². The summed E-state index contributed by atoms with van der Waals surface area (Å²) in [5.41, 5.74) is 0.104. The zero-order valence-corrected chi connectivity index (χ0v) is 11.4.